The number of rotatable bonds is 4. The molecule has 2 atom stereocenters. The molecular weight excluding hydrogens is 286 g/mol. The van der Waals surface area contributed by atoms with Crippen molar-refractivity contribution in [1.82, 2.24) is 9.88 Å². The topological polar surface area (TPSA) is 45.2 Å². The van der Waals surface area contributed by atoms with Crippen LogP contribution in [0, 0.1) is 5.92 Å². The number of likely N-dealkylation sites (tertiary alicyclic amines) is 1. The van der Waals surface area contributed by atoms with Gasteiger partial charge in [0.25, 0.3) is 0 Å². The summed E-state index contributed by atoms with van der Waals surface area (Å²) in [7, 11) is 0. The van der Waals surface area contributed by atoms with E-state index in [2.05, 4.69) is 34.3 Å². The van der Waals surface area contributed by atoms with Crippen molar-refractivity contribution in [2.24, 2.45) is 5.92 Å². The molecule has 0 aliphatic carbocycles. The summed E-state index contributed by atoms with van der Waals surface area (Å²) in [6, 6.07) is 14.1. The number of carbonyl (C=O) groups is 1. The Morgan fingerprint density at radius 1 is 1.22 bits per heavy atom. The highest BCUT2D eigenvalue weighted by Crippen LogP contribution is 2.27. The number of benzene rings is 1. The third-order valence-electron chi connectivity index (χ3n) is 4.60. The van der Waals surface area contributed by atoms with Crippen LogP contribution in [-0.2, 0) is 4.79 Å². The number of amides is 1. The van der Waals surface area contributed by atoms with Gasteiger partial charge in [-0.1, -0.05) is 18.2 Å². The fourth-order valence-corrected chi connectivity index (χ4v) is 3.19. The second-order valence-electron chi connectivity index (χ2n) is 6.15. The number of nitrogens with zero attached hydrogens (tertiary/aromatic N) is 2. The molecule has 2 unspecified atom stereocenters. The molecule has 4 nitrogen and oxygen atoms in total. The minimum absolute atomic E-state index is 0.0493. The molecular formula is C19H23N3O. The van der Waals surface area contributed by atoms with Crippen molar-refractivity contribution in [1.29, 1.82) is 0 Å². The number of anilines is 1. The van der Waals surface area contributed by atoms with Crippen molar-refractivity contribution in [3.63, 3.8) is 0 Å². The van der Waals surface area contributed by atoms with Crippen LogP contribution in [0.15, 0.2) is 54.9 Å². The fourth-order valence-electron chi connectivity index (χ4n) is 3.19. The Labute approximate surface area is 137 Å². The highest BCUT2D eigenvalue weighted by Gasteiger charge is 2.28. The molecule has 0 bridgehead atoms. The Balaban J connectivity index is 1.63. The van der Waals surface area contributed by atoms with E-state index in [4.69, 9.17) is 0 Å². The van der Waals surface area contributed by atoms with Crippen LogP contribution in [-0.4, -0.2) is 28.9 Å². The molecule has 1 aromatic carbocycles. The lowest BCUT2D eigenvalue weighted by molar-refractivity contribution is -0.121. The number of piperidine rings is 1. The number of pyridine rings is 1. The van der Waals surface area contributed by atoms with Gasteiger partial charge >= 0.3 is 0 Å². The van der Waals surface area contributed by atoms with Crippen molar-refractivity contribution in [2.45, 2.75) is 25.8 Å². The van der Waals surface area contributed by atoms with Crippen LogP contribution < -0.4 is 5.32 Å². The molecule has 0 radical (unpaired) electrons. The van der Waals surface area contributed by atoms with Crippen molar-refractivity contribution in [2.75, 3.05) is 18.4 Å². The van der Waals surface area contributed by atoms with Crippen LogP contribution in [0.3, 0.4) is 0 Å². The van der Waals surface area contributed by atoms with Crippen molar-refractivity contribution >= 4 is 11.6 Å². The van der Waals surface area contributed by atoms with Crippen LogP contribution in [0.25, 0.3) is 0 Å². The zero-order chi connectivity index (χ0) is 16.1. The second-order valence-corrected chi connectivity index (χ2v) is 6.15. The molecule has 1 fully saturated rings. The molecule has 1 N–H and O–H groups in total. The van der Waals surface area contributed by atoms with E-state index in [0.717, 1.165) is 31.6 Å². The minimum atomic E-state index is 0.0493. The van der Waals surface area contributed by atoms with Crippen molar-refractivity contribution < 1.29 is 4.79 Å². The predicted molar refractivity (Wildman–Crippen MR) is 92.0 cm³/mol. The molecule has 1 aliphatic heterocycles. The Hall–Kier alpha value is -2.20. The maximum absolute atomic E-state index is 12.5. The Kier molecular flexibility index (Phi) is 5.03. The van der Waals surface area contributed by atoms with Gasteiger partial charge in [-0.2, -0.15) is 0 Å². The first-order valence-electron chi connectivity index (χ1n) is 8.24. The third-order valence-corrected chi connectivity index (χ3v) is 4.60. The number of hydrogen-bond donors (Lipinski definition) is 1. The standard InChI is InChI=1S/C19H23N3O/c1-15(16-9-11-20-12-10-16)22-13-5-6-17(14-22)19(23)21-18-7-3-2-4-8-18/h2-4,7-12,15,17H,5-6,13-14H2,1H3,(H,21,23). The molecule has 23 heavy (non-hydrogen) atoms. The zero-order valence-electron chi connectivity index (χ0n) is 13.5. The van der Waals surface area contributed by atoms with Crippen LogP contribution in [0.5, 0.6) is 0 Å². The highest BCUT2D eigenvalue weighted by atomic mass is 16.1. The van der Waals surface area contributed by atoms with E-state index < -0.39 is 0 Å². The molecule has 120 valence electrons. The summed E-state index contributed by atoms with van der Waals surface area (Å²) >= 11 is 0. The van der Waals surface area contributed by atoms with Gasteiger partial charge in [0.15, 0.2) is 0 Å². The van der Waals surface area contributed by atoms with Crippen LogP contribution >= 0.6 is 0 Å². The van der Waals surface area contributed by atoms with Gasteiger partial charge in [-0.05, 0) is 56.1 Å². The van der Waals surface area contributed by atoms with Gasteiger partial charge < -0.3 is 5.32 Å². The summed E-state index contributed by atoms with van der Waals surface area (Å²) in [5.41, 5.74) is 2.13. The average Bonchev–Trinajstić information content (AvgIpc) is 2.63. The summed E-state index contributed by atoms with van der Waals surface area (Å²) in [5.74, 6) is 0.177. The summed E-state index contributed by atoms with van der Waals surface area (Å²) < 4.78 is 0. The van der Waals surface area contributed by atoms with E-state index in [9.17, 15) is 4.79 Å². The van der Waals surface area contributed by atoms with Gasteiger partial charge in [0, 0.05) is 30.7 Å². The molecule has 3 rings (SSSR count). The molecule has 2 aromatic rings. The monoisotopic (exact) mass is 309 g/mol. The van der Waals surface area contributed by atoms with Gasteiger partial charge in [0.1, 0.15) is 0 Å². The predicted octanol–water partition coefficient (Wildman–Crippen LogP) is 3.49. The van der Waals surface area contributed by atoms with Crippen LogP contribution in [0.4, 0.5) is 5.69 Å². The molecule has 0 spiro atoms. The lowest BCUT2D eigenvalue weighted by Crippen LogP contribution is -2.41. The molecule has 4 heteroatoms. The van der Waals surface area contributed by atoms with Crippen LogP contribution in [0.2, 0.25) is 0 Å². The van der Waals surface area contributed by atoms with Gasteiger partial charge in [-0.25, -0.2) is 0 Å². The van der Waals surface area contributed by atoms with Gasteiger partial charge in [-0.3, -0.25) is 14.7 Å². The normalized spacial score (nSPS) is 20.0. The summed E-state index contributed by atoms with van der Waals surface area (Å²) in [6.45, 7) is 4.05. The number of para-hydroxylation sites is 1. The number of aromatic nitrogens is 1. The smallest absolute Gasteiger partial charge is 0.228 e. The largest absolute Gasteiger partial charge is 0.326 e. The van der Waals surface area contributed by atoms with E-state index in [1.165, 1.54) is 5.56 Å². The first kappa shape index (κ1) is 15.7. The maximum Gasteiger partial charge on any atom is 0.228 e. The second kappa shape index (κ2) is 7.38. The molecule has 1 saturated heterocycles. The SMILES string of the molecule is CC(c1ccncc1)N1CCCC(C(=O)Nc2ccccc2)C1. The molecule has 0 saturated carbocycles. The summed E-state index contributed by atoms with van der Waals surface area (Å²) in [4.78, 5) is 19.0. The van der Waals surface area contributed by atoms with E-state index in [1.54, 1.807) is 0 Å². The lowest BCUT2D eigenvalue weighted by Gasteiger charge is -2.36. The Bertz CT molecular complexity index is 630. The zero-order valence-corrected chi connectivity index (χ0v) is 13.5. The van der Waals surface area contributed by atoms with Gasteiger partial charge in [0.2, 0.25) is 5.91 Å². The molecule has 1 amide bonds. The Morgan fingerprint density at radius 3 is 2.70 bits per heavy atom. The average molecular weight is 309 g/mol. The minimum Gasteiger partial charge on any atom is -0.326 e. The summed E-state index contributed by atoms with van der Waals surface area (Å²) in [6.07, 6.45) is 5.67. The quantitative estimate of drug-likeness (QED) is 0.940. The lowest BCUT2D eigenvalue weighted by atomic mass is 9.94. The first-order valence-corrected chi connectivity index (χ1v) is 8.24. The molecule has 1 aromatic heterocycles. The summed E-state index contributed by atoms with van der Waals surface area (Å²) in [5, 5.41) is 3.04. The van der Waals surface area contributed by atoms with Crippen molar-refractivity contribution in [3.8, 4) is 0 Å². The van der Waals surface area contributed by atoms with Gasteiger partial charge in [0.05, 0.1) is 5.92 Å². The van der Waals surface area contributed by atoms with E-state index >= 15 is 0 Å². The third kappa shape index (κ3) is 3.96. The Morgan fingerprint density at radius 2 is 1.96 bits per heavy atom. The highest BCUT2D eigenvalue weighted by molar-refractivity contribution is 5.92. The maximum atomic E-state index is 12.5. The van der Waals surface area contributed by atoms with Gasteiger partial charge in [-0.15, -0.1) is 0 Å². The van der Waals surface area contributed by atoms with Crippen LogP contribution in [0.1, 0.15) is 31.4 Å². The van der Waals surface area contributed by atoms with E-state index in [-0.39, 0.29) is 11.8 Å². The number of hydrogen-bond acceptors (Lipinski definition) is 3. The van der Waals surface area contributed by atoms with Crippen molar-refractivity contribution in [3.05, 3.63) is 60.4 Å². The number of nitrogens with one attached hydrogen (secondary N) is 1. The number of carbonyl (C=O) groups excluding carboxylic acids is 1. The van der Waals surface area contributed by atoms with E-state index in [1.807, 2.05) is 42.7 Å². The first-order chi connectivity index (χ1) is 11.2. The fraction of sp³-hybridized carbons (Fsp3) is 0.368. The molecule has 1 aliphatic rings. The molecule has 2 heterocycles. The van der Waals surface area contributed by atoms with E-state index in [0.29, 0.717) is 6.04 Å².